The Morgan fingerprint density at radius 3 is 1.92 bits per heavy atom. The molecule has 0 aliphatic heterocycles. The second-order valence-electron chi connectivity index (χ2n) is 4.41. The Morgan fingerprint density at radius 1 is 1.08 bits per heavy atom. The number of rotatable bonds is 6. The van der Waals surface area contributed by atoms with Crippen LogP contribution < -0.4 is 0 Å². The van der Waals surface area contributed by atoms with Gasteiger partial charge in [-0.25, -0.2) is 0 Å². The van der Waals surface area contributed by atoms with Crippen LogP contribution in [0.5, 0.6) is 0 Å². The molecule has 0 N–H and O–H groups in total. The topological polar surface area (TPSA) is 17.1 Å². The smallest absolute Gasteiger partial charge is 0.138 e. The maximum Gasteiger partial charge on any atom is 0.138 e. The zero-order valence-corrected chi connectivity index (χ0v) is 9.76. The van der Waals surface area contributed by atoms with E-state index in [2.05, 4.69) is 20.8 Å². The van der Waals surface area contributed by atoms with Gasteiger partial charge < -0.3 is 0 Å². The summed E-state index contributed by atoms with van der Waals surface area (Å²) < 4.78 is 0. The molecule has 0 aliphatic carbocycles. The van der Waals surface area contributed by atoms with Gasteiger partial charge in [-0.05, 0) is 18.8 Å². The molecule has 0 aromatic rings. The molecule has 2 unspecified atom stereocenters. The summed E-state index contributed by atoms with van der Waals surface area (Å²) in [5.74, 6) is 1.64. The van der Waals surface area contributed by atoms with E-state index >= 15 is 0 Å². The lowest BCUT2D eigenvalue weighted by Gasteiger charge is -2.19. The largest absolute Gasteiger partial charge is 0.299 e. The van der Waals surface area contributed by atoms with E-state index < -0.39 is 0 Å². The van der Waals surface area contributed by atoms with Gasteiger partial charge in [0.15, 0.2) is 0 Å². The number of hydrogen-bond acceptors (Lipinski definition) is 1. The summed E-state index contributed by atoms with van der Waals surface area (Å²) in [6.07, 6.45) is 3.26. The molecule has 13 heavy (non-hydrogen) atoms. The highest BCUT2D eigenvalue weighted by atomic mass is 16.1. The summed E-state index contributed by atoms with van der Waals surface area (Å²) in [5, 5.41) is 0. The van der Waals surface area contributed by atoms with Crippen molar-refractivity contribution >= 4 is 5.78 Å². The van der Waals surface area contributed by atoms with E-state index in [4.69, 9.17) is 0 Å². The second-order valence-corrected chi connectivity index (χ2v) is 4.41. The number of Topliss-reactive ketones (excluding diaryl/α,β-unsaturated/α-hetero) is 1. The SMILES string of the molecule is CCC(C)CC(CC)C(=O)C(C)C. The van der Waals surface area contributed by atoms with Gasteiger partial charge >= 0.3 is 0 Å². The fourth-order valence-electron chi connectivity index (χ4n) is 1.61. The van der Waals surface area contributed by atoms with Crippen molar-refractivity contribution in [3.05, 3.63) is 0 Å². The first kappa shape index (κ1) is 12.7. The van der Waals surface area contributed by atoms with Gasteiger partial charge in [0.05, 0.1) is 0 Å². The summed E-state index contributed by atoms with van der Waals surface area (Å²) in [6, 6.07) is 0. The summed E-state index contributed by atoms with van der Waals surface area (Å²) in [4.78, 5) is 11.7. The van der Waals surface area contributed by atoms with Gasteiger partial charge in [-0.15, -0.1) is 0 Å². The lowest BCUT2D eigenvalue weighted by Crippen LogP contribution is -2.21. The van der Waals surface area contributed by atoms with Crippen molar-refractivity contribution in [2.75, 3.05) is 0 Å². The summed E-state index contributed by atoms with van der Waals surface area (Å²) in [6.45, 7) is 10.5. The molecule has 0 bridgehead atoms. The minimum absolute atomic E-state index is 0.203. The average molecular weight is 184 g/mol. The highest BCUT2D eigenvalue weighted by Gasteiger charge is 2.20. The van der Waals surface area contributed by atoms with Crippen LogP contribution in [0.4, 0.5) is 0 Å². The molecular formula is C12H24O. The number of ketones is 1. The first-order chi connectivity index (χ1) is 6.02. The Kier molecular flexibility index (Phi) is 6.02. The third kappa shape index (κ3) is 4.44. The standard InChI is InChI=1S/C12H24O/c1-6-10(5)8-11(7-2)12(13)9(3)4/h9-11H,6-8H2,1-5H3. The molecule has 1 heteroatoms. The fraction of sp³-hybridized carbons (Fsp3) is 0.917. The molecule has 0 aromatic heterocycles. The molecule has 0 saturated heterocycles. The van der Waals surface area contributed by atoms with Crippen LogP contribution in [0.3, 0.4) is 0 Å². The van der Waals surface area contributed by atoms with Gasteiger partial charge in [0.1, 0.15) is 5.78 Å². The Labute approximate surface area is 82.9 Å². The van der Waals surface area contributed by atoms with Gasteiger partial charge in [-0.2, -0.15) is 0 Å². The molecule has 0 saturated carbocycles. The maximum atomic E-state index is 11.7. The van der Waals surface area contributed by atoms with E-state index in [1.54, 1.807) is 0 Å². The maximum absolute atomic E-state index is 11.7. The Morgan fingerprint density at radius 2 is 1.62 bits per heavy atom. The zero-order chi connectivity index (χ0) is 10.4. The quantitative estimate of drug-likeness (QED) is 0.615. The van der Waals surface area contributed by atoms with Gasteiger partial charge in [0.25, 0.3) is 0 Å². The van der Waals surface area contributed by atoms with Crippen LogP contribution in [0.15, 0.2) is 0 Å². The van der Waals surface area contributed by atoms with Crippen molar-refractivity contribution < 1.29 is 4.79 Å². The van der Waals surface area contributed by atoms with Crippen molar-refractivity contribution in [1.82, 2.24) is 0 Å². The van der Waals surface area contributed by atoms with Crippen LogP contribution in [0.2, 0.25) is 0 Å². The predicted molar refractivity (Wildman–Crippen MR) is 57.7 cm³/mol. The van der Waals surface area contributed by atoms with Crippen LogP contribution >= 0.6 is 0 Å². The van der Waals surface area contributed by atoms with E-state index in [1.165, 1.54) is 6.42 Å². The van der Waals surface area contributed by atoms with Gasteiger partial charge in [-0.1, -0.05) is 41.0 Å². The van der Waals surface area contributed by atoms with Gasteiger partial charge in [-0.3, -0.25) is 4.79 Å². The Balaban J connectivity index is 4.10. The molecule has 1 nitrogen and oxygen atoms in total. The first-order valence-electron chi connectivity index (χ1n) is 5.56. The van der Waals surface area contributed by atoms with Crippen LogP contribution in [0.25, 0.3) is 0 Å². The highest BCUT2D eigenvalue weighted by molar-refractivity contribution is 5.82. The van der Waals surface area contributed by atoms with E-state index in [1.807, 2.05) is 13.8 Å². The molecule has 0 fully saturated rings. The molecule has 0 aromatic carbocycles. The Bertz CT molecular complexity index is 149. The van der Waals surface area contributed by atoms with E-state index in [-0.39, 0.29) is 5.92 Å². The third-order valence-electron chi connectivity index (χ3n) is 2.85. The molecular weight excluding hydrogens is 160 g/mol. The first-order valence-corrected chi connectivity index (χ1v) is 5.56. The van der Waals surface area contributed by atoms with E-state index in [0.29, 0.717) is 17.6 Å². The normalized spacial score (nSPS) is 15.8. The van der Waals surface area contributed by atoms with Crippen LogP contribution in [-0.2, 0) is 4.79 Å². The van der Waals surface area contributed by atoms with Gasteiger partial charge in [0, 0.05) is 11.8 Å². The monoisotopic (exact) mass is 184 g/mol. The van der Waals surface area contributed by atoms with E-state index in [9.17, 15) is 4.79 Å². The van der Waals surface area contributed by atoms with Crippen molar-refractivity contribution in [2.45, 2.75) is 53.9 Å². The summed E-state index contributed by atoms with van der Waals surface area (Å²) in [7, 11) is 0. The second kappa shape index (κ2) is 6.17. The lowest BCUT2D eigenvalue weighted by atomic mass is 9.85. The predicted octanol–water partition coefficient (Wildman–Crippen LogP) is 3.67. The van der Waals surface area contributed by atoms with Crippen LogP contribution in [0, 0.1) is 17.8 Å². The molecule has 78 valence electrons. The molecule has 0 spiro atoms. The van der Waals surface area contributed by atoms with E-state index in [0.717, 1.165) is 12.8 Å². The molecule has 0 aliphatic rings. The van der Waals surface area contributed by atoms with Crippen LogP contribution in [-0.4, -0.2) is 5.78 Å². The van der Waals surface area contributed by atoms with Crippen molar-refractivity contribution in [1.29, 1.82) is 0 Å². The molecule has 0 amide bonds. The Hall–Kier alpha value is -0.330. The number of carbonyl (C=O) groups excluding carboxylic acids is 1. The summed E-state index contributed by atoms with van der Waals surface area (Å²) >= 11 is 0. The van der Waals surface area contributed by atoms with Crippen LogP contribution in [0.1, 0.15) is 53.9 Å². The van der Waals surface area contributed by atoms with Crippen molar-refractivity contribution in [3.8, 4) is 0 Å². The lowest BCUT2D eigenvalue weighted by molar-refractivity contribution is -0.126. The fourth-order valence-corrected chi connectivity index (χ4v) is 1.61. The number of hydrogen-bond donors (Lipinski definition) is 0. The van der Waals surface area contributed by atoms with Gasteiger partial charge in [0.2, 0.25) is 0 Å². The van der Waals surface area contributed by atoms with Crippen molar-refractivity contribution in [3.63, 3.8) is 0 Å². The zero-order valence-electron chi connectivity index (χ0n) is 9.76. The highest BCUT2D eigenvalue weighted by Crippen LogP contribution is 2.21. The molecule has 0 rings (SSSR count). The van der Waals surface area contributed by atoms with Crippen molar-refractivity contribution in [2.24, 2.45) is 17.8 Å². The minimum atomic E-state index is 0.203. The average Bonchev–Trinajstić information content (AvgIpc) is 2.12. The third-order valence-corrected chi connectivity index (χ3v) is 2.85. The molecule has 0 heterocycles. The molecule has 0 radical (unpaired) electrons. The summed E-state index contributed by atoms with van der Waals surface area (Å²) in [5.41, 5.74) is 0. The minimum Gasteiger partial charge on any atom is -0.299 e. The molecule has 2 atom stereocenters. The number of carbonyl (C=O) groups is 1.